The van der Waals surface area contributed by atoms with Gasteiger partial charge in [-0.15, -0.1) is 0 Å². The van der Waals surface area contributed by atoms with Gasteiger partial charge in [0.1, 0.15) is 24.0 Å². The van der Waals surface area contributed by atoms with Crippen molar-refractivity contribution in [2.75, 3.05) is 83.5 Å². The van der Waals surface area contributed by atoms with Crippen molar-refractivity contribution in [3.63, 3.8) is 0 Å². The first-order chi connectivity index (χ1) is 39.8. The number of benzene rings is 3. The molecular formula is C63H81N13O6. The summed E-state index contributed by atoms with van der Waals surface area (Å²) in [6, 6.07) is 18.2. The number of carbonyl (C=O) groups is 2. The highest BCUT2D eigenvalue weighted by atomic mass is 16.8. The molecule has 2 amide bonds. The number of hydrazine groups is 1. The zero-order valence-electron chi connectivity index (χ0n) is 49.2. The predicted molar refractivity (Wildman–Crippen MR) is 319 cm³/mol. The van der Waals surface area contributed by atoms with Gasteiger partial charge in [-0.25, -0.2) is 14.8 Å². The van der Waals surface area contributed by atoms with Gasteiger partial charge in [-0.3, -0.25) is 43.5 Å². The summed E-state index contributed by atoms with van der Waals surface area (Å²) in [5.41, 5.74) is 9.45. The molecule has 19 heteroatoms. The van der Waals surface area contributed by atoms with E-state index in [1.165, 1.54) is 17.5 Å². The molecule has 7 aromatic rings. The van der Waals surface area contributed by atoms with Gasteiger partial charge in [-0.05, 0) is 130 Å². The first kappa shape index (κ1) is 56.8. The molecule has 3 fully saturated rings. The molecular weight excluding hydrogens is 1030 g/mol. The first-order valence-corrected chi connectivity index (χ1v) is 29.5. The lowest BCUT2D eigenvalue weighted by atomic mass is 9.81. The first-order valence-electron chi connectivity index (χ1n) is 29.5. The third-order valence-corrected chi connectivity index (χ3v) is 17.8. The minimum Gasteiger partial charge on any atom is -0.495 e. The summed E-state index contributed by atoms with van der Waals surface area (Å²) in [5, 5.41) is 15.3. The Morgan fingerprint density at radius 1 is 0.805 bits per heavy atom. The number of nitrogens with zero attached hydrogens (tertiary/aromatic N) is 12. The molecule has 434 valence electrons. The van der Waals surface area contributed by atoms with Crippen molar-refractivity contribution in [2.24, 2.45) is 5.92 Å². The van der Waals surface area contributed by atoms with Crippen molar-refractivity contribution < 1.29 is 29.1 Å². The van der Waals surface area contributed by atoms with E-state index in [-0.39, 0.29) is 24.5 Å². The maximum absolute atomic E-state index is 16.5. The van der Waals surface area contributed by atoms with Crippen molar-refractivity contribution in [1.29, 1.82) is 0 Å². The lowest BCUT2D eigenvalue weighted by Gasteiger charge is -2.41. The Hall–Kier alpha value is -7.00. The van der Waals surface area contributed by atoms with E-state index in [4.69, 9.17) is 34.3 Å². The van der Waals surface area contributed by atoms with Crippen LogP contribution in [0.5, 0.6) is 5.75 Å². The molecule has 4 aliphatic rings. The van der Waals surface area contributed by atoms with Gasteiger partial charge in [0, 0.05) is 109 Å². The number of methoxy groups -OCH3 is 1. The maximum atomic E-state index is 16.5. The number of hydroxylamine groups is 1. The van der Waals surface area contributed by atoms with E-state index in [0.717, 1.165) is 141 Å². The number of fused-ring (bicyclic) bond motifs is 3. The molecule has 1 unspecified atom stereocenters. The van der Waals surface area contributed by atoms with Gasteiger partial charge < -0.3 is 24.5 Å². The summed E-state index contributed by atoms with van der Waals surface area (Å²) in [4.78, 5) is 71.5. The highest BCUT2D eigenvalue weighted by molar-refractivity contribution is 6.03. The number of piperazine rings is 1. The predicted octanol–water partition coefficient (Wildman–Crippen LogP) is 10.9. The average Bonchev–Trinajstić information content (AvgIpc) is 4.21. The SMILES string of the molecule is CCCC(C)N(C(=O)[C@@H]1c2c(-c3nc(C4CCC(CN(C)C)CC4)n4ccnc(C)c34)cccc2N(OCc2ccccc2NC(=O)O)N1OC)c1ccc(-c2nc(C3CCC(N4CCN(C)CC4)CC3)n3ccnc(C)c23)cc1OC. The Morgan fingerprint density at radius 2 is 1.45 bits per heavy atom. The van der Waals surface area contributed by atoms with Gasteiger partial charge in [-0.2, -0.15) is 5.17 Å². The molecule has 2 aliphatic carbocycles. The fraction of sp³-hybridized carbons (Fsp3) is 0.492. The molecule has 0 radical (unpaired) electrons. The Balaban J connectivity index is 0.995. The number of nitrogens with one attached hydrogen (secondary N) is 1. The van der Waals surface area contributed by atoms with E-state index in [9.17, 15) is 9.90 Å². The van der Waals surface area contributed by atoms with Crippen molar-refractivity contribution in [1.82, 2.24) is 48.6 Å². The number of hydrogen-bond donors (Lipinski definition) is 2. The van der Waals surface area contributed by atoms with Crippen LogP contribution in [0.3, 0.4) is 0 Å². The van der Waals surface area contributed by atoms with Crippen molar-refractivity contribution in [2.45, 2.75) is 128 Å². The van der Waals surface area contributed by atoms with Crippen molar-refractivity contribution >= 4 is 40.1 Å². The minimum atomic E-state index is -1.19. The molecule has 1 saturated heterocycles. The number of hydrogen-bond acceptors (Lipinski definition) is 14. The molecule has 3 aromatic carbocycles. The van der Waals surface area contributed by atoms with Gasteiger partial charge in [0.25, 0.3) is 5.91 Å². The lowest BCUT2D eigenvalue weighted by molar-refractivity contribution is -0.224. The van der Waals surface area contributed by atoms with Crippen LogP contribution in [-0.2, 0) is 21.1 Å². The normalized spacial score (nSPS) is 21.3. The number of likely N-dealkylation sites (N-methyl/N-ethyl adjacent to an activating group) is 1. The molecule has 2 atom stereocenters. The quantitative estimate of drug-likeness (QED) is 0.0830. The zero-order valence-corrected chi connectivity index (χ0v) is 49.2. The van der Waals surface area contributed by atoms with E-state index in [1.54, 1.807) is 25.3 Å². The van der Waals surface area contributed by atoms with Gasteiger partial charge in [0.15, 0.2) is 6.04 Å². The van der Waals surface area contributed by atoms with Crippen LogP contribution in [0.15, 0.2) is 85.5 Å². The number of amides is 2. The summed E-state index contributed by atoms with van der Waals surface area (Å²) < 4.78 is 10.8. The van der Waals surface area contributed by atoms with Gasteiger partial charge >= 0.3 is 6.09 Å². The second-order valence-corrected chi connectivity index (χ2v) is 23.4. The molecule has 2 N–H and O–H groups in total. The second-order valence-electron chi connectivity index (χ2n) is 23.4. The second kappa shape index (κ2) is 24.4. The molecule has 2 saturated carbocycles. The summed E-state index contributed by atoms with van der Waals surface area (Å²) in [7, 11) is 9.69. The Bertz CT molecular complexity index is 3410. The van der Waals surface area contributed by atoms with Crippen molar-refractivity contribution in [3.05, 3.63) is 120 Å². The Morgan fingerprint density at radius 3 is 2.09 bits per heavy atom. The van der Waals surface area contributed by atoms with Crippen LogP contribution in [-0.4, -0.2) is 146 Å². The maximum Gasteiger partial charge on any atom is 0.409 e. The van der Waals surface area contributed by atoms with Crippen LogP contribution in [0.4, 0.5) is 21.9 Å². The highest BCUT2D eigenvalue weighted by Gasteiger charge is 2.48. The molecule has 82 heavy (non-hydrogen) atoms. The molecule has 6 heterocycles. The molecule has 0 bridgehead atoms. The average molecular weight is 1120 g/mol. The van der Waals surface area contributed by atoms with Crippen molar-refractivity contribution in [3.8, 4) is 28.3 Å². The number of anilines is 3. The number of aryl methyl sites for hydroxylation is 2. The van der Waals surface area contributed by atoms with Gasteiger partial charge in [0.05, 0.1) is 59.4 Å². The van der Waals surface area contributed by atoms with E-state index >= 15 is 4.79 Å². The third-order valence-electron chi connectivity index (χ3n) is 17.8. The number of imidazole rings is 2. The van der Waals surface area contributed by atoms with Crippen LogP contribution < -0.4 is 20.1 Å². The number of rotatable bonds is 18. The molecule has 19 nitrogen and oxygen atoms in total. The minimum absolute atomic E-state index is 0.0689. The zero-order chi connectivity index (χ0) is 57.3. The Kier molecular flexibility index (Phi) is 16.9. The third kappa shape index (κ3) is 11.1. The monoisotopic (exact) mass is 1120 g/mol. The van der Waals surface area contributed by atoms with E-state index in [1.807, 2.05) is 73.7 Å². The largest absolute Gasteiger partial charge is 0.495 e. The molecule has 2 aliphatic heterocycles. The fourth-order valence-electron chi connectivity index (χ4n) is 13.8. The number of ether oxygens (including phenoxy) is 1. The van der Waals surface area contributed by atoms with E-state index in [0.29, 0.717) is 63.9 Å². The summed E-state index contributed by atoms with van der Waals surface area (Å²) in [6.07, 6.45) is 16.8. The molecule has 0 spiro atoms. The number of aromatic nitrogens is 6. The highest BCUT2D eigenvalue weighted by Crippen LogP contribution is 2.50. The Labute approximate surface area is 481 Å². The number of para-hydroxylation sites is 1. The summed E-state index contributed by atoms with van der Waals surface area (Å²) in [5.74, 6) is 3.44. The number of carbonyl (C=O) groups excluding carboxylic acids is 1. The molecule has 11 rings (SSSR count). The van der Waals surface area contributed by atoms with Crippen LogP contribution in [0.25, 0.3) is 33.5 Å². The molecule has 4 aromatic heterocycles. The van der Waals surface area contributed by atoms with Gasteiger partial charge in [-0.1, -0.05) is 54.9 Å². The smallest absolute Gasteiger partial charge is 0.409 e. The lowest BCUT2D eigenvalue weighted by Crippen LogP contribution is -2.49. The van der Waals surface area contributed by atoms with Crippen LogP contribution in [0, 0.1) is 19.8 Å². The topological polar surface area (TPSA) is 174 Å². The van der Waals surface area contributed by atoms with Crippen LogP contribution in [0.2, 0.25) is 0 Å². The van der Waals surface area contributed by atoms with Crippen LogP contribution in [0.1, 0.15) is 130 Å². The van der Waals surface area contributed by atoms with Gasteiger partial charge in [0.2, 0.25) is 0 Å². The summed E-state index contributed by atoms with van der Waals surface area (Å²) >= 11 is 0. The summed E-state index contributed by atoms with van der Waals surface area (Å²) in [6.45, 7) is 13.8. The number of carboxylic acid groups (broad SMARTS) is 1. The van der Waals surface area contributed by atoms with Crippen LogP contribution >= 0.6 is 0 Å². The van der Waals surface area contributed by atoms with E-state index in [2.05, 4.69) is 76.1 Å². The van der Waals surface area contributed by atoms with E-state index < -0.39 is 12.1 Å². The standard InChI is InChI=1S/C63H81N13O6/c1-10-14-40(2)74(51-28-25-46(37-53(51)80-8)55-57-41(3)64-29-31-72(57)60(67-55)45-23-26-48(27-24-45)71-35-33-70(7)34-36-71)62(77)59-54-49(16-13-18-52(54)75(76(59)81-9)82-39-47-15-11-12-17-50(47)66-63(78)79)56-58-42(4)65-30-32-73(58)61(68-56)44-21-19-43(20-22-44)38-69(5)6/h11-13,15-18,25,28-32,37,40,43-45,48,59,66H,10,14,19-24,26-27,33-36,38-39H2,1-9H3,(H,78,79)/t40?,43?,44?,45?,48?,59-/m0/s1. The fourth-order valence-corrected chi connectivity index (χ4v) is 13.8.